The fourth-order valence-corrected chi connectivity index (χ4v) is 9.42. The molecule has 0 amide bonds. The lowest BCUT2D eigenvalue weighted by molar-refractivity contribution is 0.669. The molecule has 0 radical (unpaired) electrons. The Hall–Kier alpha value is -7.82. The Bertz CT molecular complexity index is 3720. The van der Waals surface area contributed by atoms with E-state index in [2.05, 4.69) is 175 Å². The topological polar surface area (TPSA) is 43.9 Å². The molecule has 0 saturated heterocycles. The molecule has 0 aliphatic rings. The minimum absolute atomic E-state index is 0.595. The van der Waals surface area contributed by atoms with E-state index in [4.69, 9.17) is 14.4 Å². The summed E-state index contributed by atoms with van der Waals surface area (Å²) in [6, 6.07) is 57.7. The largest absolute Gasteiger partial charge is 0.456 e. The molecular weight excluding hydrogens is 707 g/mol. The number of furan rings is 1. The van der Waals surface area contributed by atoms with Gasteiger partial charge in [0, 0.05) is 48.8 Å². The highest BCUT2D eigenvalue weighted by molar-refractivity contribution is 6.26. The van der Waals surface area contributed by atoms with Crippen molar-refractivity contribution in [3.8, 4) is 28.3 Å². The van der Waals surface area contributed by atoms with Gasteiger partial charge in [-0.25, -0.2) is 9.97 Å². The summed E-state index contributed by atoms with van der Waals surface area (Å²) in [4.78, 5) is 11.1. The number of hydrogen-bond acceptors (Lipinski definition) is 3. The highest BCUT2D eigenvalue weighted by Gasteiger charge is 2.25. The van der Waals surface area contributed by atoms with Gasteiger partial charge in [-0.1, -0.05) is 165 Å². The standard InChI is InChI=1S/C54H33N3O/c1-3-36-37(4-2)49-44-24-14-23-40(35-26-28-43-47(31-35)58-46-30-27-32-15-8-10-19-38(32)48(43)46)52(44)57(53(49)42-22-13-12-21-41(36)42)54-55-50(34-17-6-5-7-18-34)45-29-25-33-16-9-11-20-39(33)51(45)56-54/h3-31H,1-2H2. The first-order valence-corrected chi connectivity index (χ1v) is 19.6. The van der Waals surface area contributed by atoms with Gasteiger partial charge in [-0.05, 0) is 62.5 Å². The fraction of sp³-hybridized carbons (Fsp3) is 0. The van der Waals surface area contributed by atoms with Gasteiger partial charge < -0.3 is 4.42 Å². The van der Waals surface area contributed by atoms with Crippen molar-refractivity contribution >= 4 is 99.1 Å². The second-order valence-corrected chi connectivity index (χ2v) is 14.9. The third-order valence-electron chi connectivity index (χ3n) is 11.9. The van der Waals surface area contributed by atoms with Gasteiger partial charge in [-0.2, -0.15) is 0 Å². The number of rotatable bonds is 5. The molecule has 0 spiro atoms. The number of fused-ring (bicyclic) bond motifs is 13. The second kappa shape index (κ2) is 12.3. The Kier molecular flexibility index (Phi) is 6.90. The molecule has 0 unspecified atom stereocenters. The molecule has 4 nitrogen and oxygen atoms in total. The zero-order valence-electron chi connectivity index (χ0n) is 31.4. The van der Waals surface area contributed by atoms with Crippen LogP contribution in [0.4, 0.5) is 0 Å². The molecule has 4 heteroatoms. The van der Waals surface area contributed by atoms with Crippen LogP contribution in [0.3, 0.4) is 0 Å². The van der Waals surface area contributed by atoms with Crippen LogP contribution in [0.25, 0.3) is 127 Å². The predicted octanol–water partition coefficient (Wildman–Crippen LogP) is 14.7. The van der Waals surface area contributed by atoms with E-state index in [0.717, 1.165) is 110 Å². The van der Waals surface area contributed by atoms with Gasteiger partial charge in [0.2, 0.25) is 5.95 Å². The van der Waals surface area contributed by atoms with E-state index in [0.29, 0.717) is 5.95 Å². The third kappa shape index (κ3) is 4.51. The smallest absolute Gasteiger partial charge is 0.235 e. The van der Waals surface area contributed by atoms with Crippen LogP contribution < -0.4 is 0 Å². The van der Waals surface area contributed by atoms with Crippen molar-refractivity contribution in [2.75, 3.05) is 0 Å². The first-order valence-electron chi connectivity index (χ1n) is 19.6. The number of nitrogens with zero attached hydrogens (tertiary/aromatic N) is 3. The quantitative estimate of drug-likeness (QED) is 0.165. The van der Waals surface area contributed by atoms with Crippen molar-refractivity contribution < 1.29 is 4.42 Å². The van der Waals surface area contributed by atoms with E-state index in [1.165, 1.54) is 10.8 Å². The van der Waals surface area contributed by atoms with E-state index in [9.17, 15) is 0 Å². The number of hydrogen-bond donors (Lipinski definition) is 0. The van der Waals surface area contributed by atoms with Crippen molar-refractivity contribution in [2.24, 2.45) is 0 Å². The maximum Gasteiger partial charge on any atom is 0.235 e. The van der Waals surface area contributed by atoms with Crippen LogP contribution in [-0.4, -0.2) is 14.5 Å². The fourth-order valence-electron chi connectivity index (χ4n) is 9.42. The van der Waals surface area contributed by atoms with E-state index in [1.54, 1.807) is 0 Å². The van der Waals surface area contributed by atoms with Crippen LogP contribution >= 0.6 is 0 Å². The number of para-hydroxylation sites is 1. The monoisotopic (exact) mass is 739 g/mol. The van der Waals surface area contributed by atoms with Crippen LogP contribution in [0, 0.1) is 0 Å². The molecule has 3 heterocycles. The van der Waals surface area contributed by atoms with Crippen molar-refractivity contribution in [1.82, 2.24) is 14.5 Å². The SMILES string of the molecule is C=Cc1c(C=C)c2c3cccc(-c4ccc5c(c4)oc4ccc6ccccc6c45)c3n(-c3nc(-c4ccccc4)c4ccc5ccccc5c4n3)c2c2ccccc12. The van der Waals surface area contributed by atoms with Gasteiger partial charge in [0.15, 0.2) is 0 Å². The van der Waals surface area contributed by atoms with Crippen LogP contribution in [0.15, 0.2) is 181 Å². The minimum Gasteiger partial charge on any atom is -0.456 e. The Morgan fingerprint density at radius 1 is 0.448 bits per heavy atom. The summed E-state index contributed by atoms with van der Waals surface area (Å²) in [5.74, 6) is 0.595. The molecule has 12 aromatic rings. The molecule has 270 valence electrons. The number of benzene rings is 9. The average molecular weight is 740 g/mol. The molecule has 9 aromatic carbocycles. The molecule has 3 aromatic heterocycles. The molecular formula is C54H33N3O. The molecule has 12 rings (SSSR count). The molecule has 0 bridgehead atoms. The summed E-state index contributed by atoms with van der Waals surface area (Å²) in [5, 5.41) is 12.2. The maximum atomic E-state index is 6.63. The lowest BCUT2D eigenvalue weighted by Gasteiger charge is -2.16. The first-order chi connectivity index (χ1) is 28.7. The van der Waals surface area contributed by atoms with Gasteiger partial charge in [-0.15, -0.1) is 0 Å². The van der Waals surface area contributed by atoms with Crippen molar-refractivity contribution in [3.05, 3.63) is 188 Å². The van der Waals surface area contributed by atoms with E-state index >= 15 is 0 Å². The van der Waals surface area contributed by atoms with Gasteiger partial charge >= 0.3 is 0 Å². The van der Waals surface area contributed by atoms with Crippen LogP contribution in [0.5, 0.6) is 0 Å². The van der Waals surface area contributed by atoms with Crippen LogP contribution in [0.1, 0.15) is 11.1 Å². The zero-order chi connectivity index (χ0) is 38.5. The van der Waals surface area contributed by atoms with Crippen molar-refractivity contribution in [3.63, 3.8) is 0 Å². The summed E-state index contributed by atoms with van der Waals surface area (Å²) in [6.07, 6.45) is 3.92. The average Bonchev–Trinajstić information content (AvgIpc) is 3.85. The highest BCUT2D eigenvalue weighted by atomic mass is 16.3. The summed E-state index contributed by atoms with van der Waals surface area (Å²) in [7, 11) is 0. The Morgan fingerprint density at radius 2 is 1.12 bits per heavy atom. The Labute approximate surface area is 333 Å². The number of aromatic nitrogens is 3. The van der Waals surface area contributed by atoms with Crippen LogP contribution in [0.2, 0.25) is 0 Å². The van der Waals surface area contributed by atoms with Crippen LogP contribution in [-0.2, 0) is 0 Å². The molecule has 0 atom stereocenters. The second-order valence-electron chi connectivity index (χ2n) is 14.9. The lowest BCUT2D eigenvalue weighted by atomic mass is 9.93. The van der Waals surface area contributed by atoms with E-state index in [1.807, 2.05) is 18.2 Å². The molecule has 0 aliphatic heterocycles. The van der Waals surface area contributed by atoms with Gasteiger partial charge in [0.25, 0.3) is 0 Å². The molecule has 0 fully saturated rings. The summed E-state index contributed by atoms with van der Waals surface area (Å²) in [6.45, 7) is 8.66. The van der Waals surface area contributed by atoms with Gasteiger partial charge in [0.1, 0.15) is 11.2 Å². The summed E-state index contributed by atoms with van der Waals surface area (Å²) in [5.41, 5.74) is 10.7. The lowest BCUT2D eigenvalue weighted by Crippen LogP contribution is -2.05. The summed E-state index contributed by atoms with van der Waals surface area (Å²) < 4.78 is 8.93. The first kappa shape index (κ1) is 32.4. The van der Waals surface area contributed by atoms with Gasteiger partial charge in [-0.3, -0.25) is 4.57 Å². The molecule has 0 saturated carbocycles. The maximum absolute atomic E-state index is 6.63. The highest BCUT2D eigenvalue weighted by Crippen LogP contribution is 2.46. The molecule has 58 heavy (non-hydrogen) atoms. The predicted molar refractivity (Wildman–Crippen MR) is 245 cm³/mol. The van der Waals surface area contributed by atoms with Gasteiger partial charge in [0.05, 0.1) is 22.2 Å². The zero-order valence-corrected chi connectivity index (χ0v) is 31.4. The van der Waals surface area contributed by atoms with Crippen molar-refractivity contribution in [1.29, 1.82) is 0 Å². The Morgan fingerprint density at radius 3 is 1.93 bits per heavy atom. The summed E-state index contributed by atoms with van der Waals surface area (Å²) >= 11 is 0. The molecule has 0 aliphatic carbocycles. The van der Waals surface area contributed by atoms with E-state index < -0.39 is 0 Å². The third-order valence-corrected chi connectivity index (χ3v) is 11.9. The minimum atomic E-state index is 0.595. The van der Waals surface area contributed by atoms with E-state index in [-0.39, 0.29) is 0 Å². The normalized spacial score (nSPS) is 11.9. The van der Waals surface area contributed by atoms with Crippen molar-refractivity contribution in [2.45, 2.75) is 0 Å². The Balaban J connectivity index is 1.26. The molecule has 0 N–H and O–H groups in total.